The first kappa shape index (κ1) is 17.6. The van der Waals surface area contributed by atoms with Gasteiger partial charge in [0, 0.05) is 16.3 Å². The van der Waals surface area contributed by atoms with Crippen LogP contribution in [0.5, 0.6) is 0 Å². The lowest BCUT2D eigenvalue weighted by molar-refractivity contribution is -0.00733. The van der Waals surface area contributed by atoms with Gasteiger partial charge in [-0.25, -0.2) is 12.8 Å². The van der Waals surface area contributed by atoms with E-state index in [0.29, 0.717) is 15.6 Å². The fraction of sp³-hybridized carbons (Fsp3) is 0.294. The van der Waals surface area contributed by atoms with Crippen molar-refractivity contribution in [1.82, 2.24) is 0 Å². The lowest BCUT2D eigenvalue weighted by Crippen LogP contribution is -2.17. The number of halogens is 2. The van der Waals surface area contributed by atoms with E-state index in [0.717, 1.165) is 11.8 Å². The SMILES string of the molecule is [B][C@H]1c2c(Br)ccc(S(C)(=O)=O)c2[C@H](OCc2ccccc2)[C@@H]1F. The number of fused-ring (bicyclic) bond motifs is 1. The highest BCUT2D eigenvalue weighted by Gasteiger charge is 2.43. The highest BCUT2D eigenvalue weighted by molar-refractivity contribution is 9.10. The van der Waals surface area contributed by atoms with E-state index in [1.165, 1.54) is 6.07 Å². The molecule has 1 aliphatic rings. The van der Waals surface area contributed by atoms with Gasteiger partial charge in [0.25, 0.3) is 0 Å². The van der Waals surface area contributed by atoms with Crippen LogP contribution in [0.1, 0.15) is 28.6 Å². The summed E-state index contributed by atoms with van der Waals surface area (Å²) in [7, 11) is 2.45. The van der Waals surface area contributed by atoms with Crippen LogP contribution in [0.25, 0.3) is 0 Å². The van der Waals surface area contributed by atoms with Crippen LogP contribution >= 0.6 is 15.9 Å². The first-order valence-corrected chi connectivity index (χ1v) is 10.1. The molecule has 3 rings (SSSR count). The second kappa shape index (κ2) is 6.62. The number of alkyl halides is 1. The second-order valence-electron chi connectivity index (χ2n) is 5.83. The van der Waals surface area contributed by atoms with E-state index in [4.69, 9.17) is 12.6 Å². The number of hydrogen-bond donors (Lipinski definition) is 0. The molecule has 0 spiro atoms. The molecular weight excluding hydrogens is 394 g/mol. The van der Waals surface area contributed by atoms with Crippen molar-refractivity contribution in [3.8, 4) is 0 Å². The van der Waals surface area contributed by atoms with Gasteiger partial charge in [-0.15, -0.1) is 0 Å². The van der Waals surface area contributed by atoms with Crippen LogP contribution in [0, 0.1) is 0 Å². The summed E-state index contributed by atoms with van der Waals surface area (Å²) in [5.74, 6) is -0.933. The Morgan fingerprint density at radius 1 is 1.17 bits per heavy atom. The van der Waals surface area contributed by atoms with Crippen molar-refractivity contribution >= 4 is 33.6 Å². The Morgan fingerprint density at radius 3 is 2.46 bits per heavy atom. The summed E-state index contributed by atoms with van der Waals surface area (Å²) >= 11 is 3.34. The van der Waals surface area contributed by atoms with Gasteiger partial charge in [0.15, 0.2) is 9.84 Å². The molecule has 0 N–H and O–H groups in total. The Hall–Kier alpha value is -1.18. The zero-order valence-electron chi connectivity index (χ0n) is 12.9. The van der Waals surface area contributed by atoms with Gasteiger partial charge in [-0.3, -0.25) is 0 Å². The van der Waals surface area contributed by atoms with Crippen LogP contribution in [-0.2, 0) is 21.2 Å². The van der Waals surface area contributed by atoms with Crippen LogP contribution in [0.3, 0.4) is 0 Å². The van der Waals surface area contributed by atoms with Gasteiger partial charge in [-0.2, -0.15) is 0 Å². The van der Waals surface area contributed by atoms with Crippen molar-refractivity contribution in [2.24, 2.45) is 0 Å². The highest BCUT2D eigenvalue weighted by Crippen LogP contribution is 2.48. The molecule has 0 saturated carbocycles. The highest BCUT2D eigenvalue weighted by atomic mass is 79.9. The Kier molecular flexibility index (Phi) is 4.86. The molecule has 0 bridgehead atoms. The topological polar surface area (TPSA) is 43.4 Å². The molecule has 2 aromatic rings. The van der Waals surface area contributed by atoms with Crippen molar-refractivity contribution in [3.05, 3.63) is 63.6 Å². The van der Waals surface area contributed by atoms with E-state index in [1.54, 1.807) is 6.07 Å². The number of sulfone groups is 1. The maximum absolute atomic E-state index is 14.8. The van der Waals surface area contributed by atoms with Crippen molar-refractivity contribution in [2.45, 2.75) is 29.6 Å². The van der Waals surface area contributed by atoms with Gasteiger partial charge in [0.2, 0.25) is 0 Å². The summed E-state index contributed by atoms with van der Waals surface area (Å²) in [6.07, 6.45) is -1.43. The summed E-state index contributed by atoms with van der Waals surface area (Å²) < 4.78 is 45.3. The molecular formula is C17H15BBrFO3S. The van der Waals surface area contributed by atoms with Crippen LogP contribution in [0.4, 0.5) is 4.39 Å². The minimum atomic E-state index is -3.53. The Morgan fingerprint density at radius 2 is 1.83 bits per heavy atom. The molecule has 7 heteroatoms. The Labute approximate surface area is 150 Å². The third-order valence-electron chi connectivity index (χ3n) is 4.12. The Balaban J connectivity index is 2.03. The van der Waals surface area contributed by atoms with Gasteiger partial charge in [-0.1, -0.05) is 46.3 Å². The van der Waals surface area contributed by atoms with Crippen molar-refractivity contribution in [1.29, 1.82) is 0 Å². The average molecular weight is 409 g/mol. The van der Waals surface area contributed by atoms with Crippen LogP contribution in [0.2, 0.25) is 0 Å². The Bertz CT molecular complexity index is 858. The summed E-state index contributed by atoms with van der Waals surface area (Å²) in [6.45, 7) is 0.174. The van der Waals surface area contributed by atoms with E-state index >= 15 is 0 Å². The van der Waals surface area contributed by atoms with Gasteiger partial charge >= 0.3 is 0 Å². The molecule has 0 saturated heterocycles. The lowest BCUT2D eigenvalue weighted by Gasteiger charge is -2.19. The second-order valence-corrected chi connectivity index (χ2v) is 8.67. The first-order chi connectivity index (χ1) is 11.3. The third-order valence-corrected chi connectivity index (χ3v) is 5.96. The van der Waals surface area contributed by atoms with Gasteiger partial charge in [0.05, 0.1) is 19.3 Å². The molecule has 0 aliphatic heterocycles. The molecule has 0 heterocycles. The zero-order chi connectivity index (χ0) is 17.5. The van der Waals surface area contributed by atoms with Gasteiger partial charge in [0.1, 0.15) is 12.3 Å². The predicted octanol–water partition coefficient (Wildman–Crippen LogP) is 3.67. The van der Waals surface area contributed by atoms with Crippen LogP contribution < -0.4 is 0 Å². The summed E-state index contributed by atoms with van der Waals surface area (Å²) in [5.41, 5.74) is 1.66. The molecule has 124 valence electrons. The molecule has 24 heavy (non-hydrogen) atoms. The fourth-order valence-electron chi connectivity index (χ4n) is 2.99. The quantitative estimate of drug-likeness (QED) is 0.725. The summed E-state index contributed by atoms with van der Waals surface area (Å²) in [5, 5.41) is 0. The van der Waals surface area contributed by atoms with Crippen LogP contribution in [-0.4, -0.2) is 28.7 Å². The minimum Gasteiger partial charge on any atom is -0.366 e. The number of benzene rings is 2. The van der Waals surface area contributed by atoms with Crippen molar-refractivity contribution < 1.29 is 17.5 Å². The molecule has 0 fully saturated rings. The molecule has 2 aromatic carbocycles. The third kappa shape index (κ3) is 3.17. The normalized spacial score (nSPS) is 23.2. The maximum atomic E-state index is 14.8. The molecule has 3 nitrogen and oxygen atoms in total. The van der Waals surface area contributed by atoms with E-state index in [2.05, 4.69) is 15.9 Å². The van der Waals surface area contributed by atoms with E-state index in [-0.39, 0.29) is 11.5 Å². The van der Waals surface area contributed by atoms with E-state index in [9.17, 15) is 12.8 Å². The molecule has 1 aliphatic carbocycles. The number of rotatable bonds is 4. The molecule has 0 aromatic heterocycles. The molecule has 2 radical (unpaired) electrons. The average Bonchev–Trinajstić information content (AvgIpc) is 2.78. The van der Waals surface area contributed by atoms with Gasteiger partial charge < -0.3 is 4.74 Å². The minimum absolute atomic E-state index is 0.0642. The monoisotopic (exact) mass is 408 g/mol. The van der Waals surface area contributed by atoms with E-state index in [1.807, 2.05) is 30.3 Å². The van der Waals surface area contributed by atoms with Crippen LogP contribution in [0.15, 0.2) is 51.8 Å². The fourth-order valence-corrected chi connectivity index (χ4v) is 4.54. The number of hydrogen-bond acceptors (Lipinski definition) is 3. The largest absolute Gasteiger partial charge is 0.366 e. The zero-order valence-corrected chi connectivity index (χ0v) is 15.3. The number of ether oxygens (including phenoxy) is 1. The predicted molar refractivity (Wildman–Crippen MR) is 94.6 cm³/mol. The maximum Gasteiger partial charge on any atom is 0.175 e. The van der Waals surface area contributed by atoms with Gasteiger partial charge in [-0.05, 0) is 29.1 Å². The molecule has 3 atom stereocenters. The molecule has 0 unspecified atom stereocenters. The van der Waals surface area contributed by atoms with Crippen molar-refractivity contribution in [3.63, 3.8) is 0 Å². The standard InChI is InChI=1S/C17H15BBrFO3S/c1-24(21,22)12-8-7-11(19)13-14(12)17(16(20)15(13)18)23-9-10-5-3-2-4-6-10/h2-8,15-17H,9H2,1H3/t15-,16+,17-/m0/s1. The smallest absolute Gasteiger partial charge is 0.175 e. The van der Waals surface area contributed by atoms with Crippen molar-refractivity contribution in [2.75, 3.05) is 6.26 Å². The lowest BCUT2D eigenvalue weighted by atomic mass is 9.81. The summed E-state index contributed by atoms with van der Waals surface area (Å²) in [4.78, 5) is 0.0642. The van der Waals surface area contributed by atoms with E-state index < -0.39 is 27.9 Å². The summed E-state index contributed by atoms with van der Waals surface area (Å²) in [6, 6.07) is 12.4. The first-order valence-electron chi connectivity index (χ1n) is 7.38. The molecule has 0 amide bonds.